The largest absolute Gasteiger partial charge is 0.368 e. The van der Waals surface area contributed by atoms with Gasteiger partial charge < -0.3 is 10.6 Å². The molecule has 2 aromatic rings. The molecule has 0 spiro atoms. The number of carbonyl (C=O) groups excluding carboxylic acids is 1. The van der Waals surface area contributed by atoms with Crippen molar-refractivity contribution in [2.24, 2.45) is 11.1 Å². The smallest absolute Gasteiger partial charge is 0.240 e. The molecule has 1 amide bonds. The van der Waals surface area contributed by atoms with Gasteiger partial charge in [-0.25, -0.2) is 4.39 Å². The van der Waals surface area contributed by atoms with Gasteiger partial charge >= 0.3 is 0 Å². The molecule has 6 heteroatoms. The van der Waals surface area contributed by atoms with Crippen molar-refractivity contribution >= 4 is 17.7 Å². The maximum absolute atomic E-state index is 13.9. The summed E-state index contributed by atoms with van der Waals surface area (Å²) >= 11 is 0. The van der Waals surface area contributed by atoms with Gasteiger partial charge in [-0.3, -0.25) is 4.79 Å². The standard InChI is InChI=1S/C21H15FN4O/c22-15-6-3-5-14(10-15)18-19(20(25)27)26-16-7-2-1-4-13(16)8-9-17(26)21(18,11-23)12-24/h1-10,17-19H,(H2,25,27). The molecule has 0 aliphatic carbocycles. The average molecular weight is 358 g/mol. The zero-order valence-corrected chi connectivity index (χ0v) is 14.2. The molecule has 0 aromatic heterocycles. The van der Waals surface area contributed by atoms with Crippen LogP contribution in [-0.2, 0) is 4.79 Å². The minimum atomic E-state index is -1.59. The first-order valence-electron chi connectivity index (χ1n) is 8.46. The van der Waals surface area contributed by atoms with Crippen LogP contribution in [-0.4, -0.2) is 18.0 Å². The summed E-state index contributed by atoms with van der Waals surface area (Å²) in [5.74, 6) is -2.05. The maximum Gasteiger partial charge on any atom is 0.240 e. The van der Waals surface area contributed by atoms with Crippen LogP contribution in [0.4, 0.5) is 10.1 Å². The summed E-state index contributed by atoms with van der Waals surface area (Å²) in [6, 6.07) is 15.7. The first-order valence-corrected chi connectivity index (χ1v) is 8.46. The zero-order chi connectivity index (χ0) is 19.2. The van der Waals surface area contributed by atoms with Crippen LogP contribution < -0.4 is 10.6 Å². The van der Waals surface area contributed by atoms with Crippen molar-refractivity contribution in [1.29, 1.82) is 10.5 Å². The topological polar surface area (TPSA) is 93.9 Å². The fourth-order valence-electron chi connectivity index (χ4n) is 4.33. The van der Waals surface area contributed by atoms with Gasteiger partial charge in [-0.2, -0.15) is 10.5 Å². The van der Waals surface area contributed by atoms with E-state index in [1.54, 1.807) is 17.0 Å². The summed E-state index contributed by atoms with van der Waals surface area (Å²) in [6.07, 6.45) is 3.59. The number of nitrogens with two attached hydrogens (primary N) is 1. The van der Waals surface area contributed by atoms with Gasteiger partial charge in [0.15, 0.2) is 5.41 Å². The Morgan fingerprint density at radius 2 is 1.89 bits per heavy atom. The van der Waals surface area contributed by atoms with Crippen LogP contribution in [0.5, 0.6) is 0 Å². The predicted octanol–water partition coefficient (Wildman–Crippen LogP) is 2.71. The first kappa shape index (κ1) is 16.8. The van der Waals surface area contributed by atoms with E-state index in [-0.39, 0.29) is 0 Å². The lowest BCUT2D eigenvalue weighted by atomic mass is 9.70. The van der Waals surface area contributed by atoms with Crippen molar-refractivity contribution in [1.82, 2.24) is 0 Å². The Hall–Kier alpha value is -3.64. The Kier molecular flexibility index (Phi) is 3.71. The van der Waals surface area contributed by atoms with Gasteiger partial charge in [0.25, 0.3) is 0 Å². The Morgan fingerprint density at radius 3 is 2.56 bits per heavy atom. The second-order valence-electron chi connectivity index (χ2n) is 6.74. The summed E-state index contributed by atoms with van der Waals surface area (Å²) in [5.41, 5.74) is 6.15. The number of benzene rings is 2. The van der Waals surface area contributed by atoms with E-state index in [2.05, 4.69) is 12.1 Å². The molecule has 3 unspecified atom stereocenters. The highest BCUT2D eigenvalue weighted by molar-refractivity contribution is 5.90. The van der Waals surface area contributed by atoms with E-state index < -0.39 is 35.1 Å². The number of amides is 1. The van der Waals surface area contributed by atoms with Gasteiger partial charge in [-0.05, 0) is 29.3 Å². The van der Waals surface area contributed by atoms with Crippen molar-refractivity contribution in [3.63, 3.8) is 0 Å². The molecule has 1 saturated heterocycles. The Bertz CT molecular complexity index is 1030. The number of carbonyl (C=O) groups is 1. The third kappa shape index (κ3) is 2.24. The van der Waals surface area contributed by atoms with Gasteiger partial charge in [0.2, 0.25) is 5.91 Å². The Labute approximate surface area is 155 Å². The van der Waals surface area contributed by atoms with Crippen LogP contribution in [0.3, 0.4) is 0 Å². The van der Waals surface area contributed by atoms with E-state index in [9.17, 15) is 19.7 Å². The highest BCUT2D eigenvalue weighted by atomic mass is 19.1. The fraction of sp³-hybridized carbons (Fsp3) is 0.190. The normalized spacial score (nSPS) is 24.4. The van der Waals surface area contributed by atoms with Gasteiger partial charge in [0.05, 0.1) is 18.2 Å². The van der Waals surface area contributed by atoms with Crippen molar-refractivity contribution in [3.05, 3.63) is 71.6 Å². The SMILES string of the molecule is N#CC1(C#N)C(c2cccc(F)c2)C(C(N)=O)N2c3ccccc3C=CC21. The second-order valence-corrected chi connectivity index (χ2v) is 6.74. The molecule has 4 rings (SSSR count). The number of fused-ring (bicyclic) bond motifs is 3. The van der Waals surface area contributed by atoms with Crippen LogP contribution in [0.25, 0.3) is 6.08 Å². The molecule has 2 aliphatic heterocycles. The molecule has 0 saturated carbocycles. The van der Waals surface area contributed by atoms with Gasteiger partial charge in [0.1, 0.15) is 11.9 Å². The van der Waals surface area contributed by atoms with Crippen LogP contribution in [0.1, 0.15) is 17.0 Å². The van der Waals surface area contributed by atoms with Crippen molar-refractivity contribution in [3.8, 4) is 12.1 Å². The lowest BCUT2D eigenvalue weighted by molar-refractivity contribution is -0.119. The minimum Gasteiger partial charge on any atom is -0.368 e. The number of hydrogen-bond acceptors (Lipinski definition) is 4. The molecule has 2 aromatic carbocycles. The average Bonchev–Trinajstić information content (AvgIpc) is 2.99. The third-order valence-corrected chi connectivity index (χ3v) is 5.41. The van der Waals surface area contributed by atoms with E-state index in [0.29, 0.717) is 5.56 Å². The van der Waals surface area contributed by atoms with E-state index in [1.165, 1.54) is 18.2 Å². The summed E-state index contributed by atoms with van der Waals surface area (Å²) in [6.45, 7) is 0. The quantitative estimate of drug-likeness (QED) is 0.893. The Balaban J connectivity index is 2.01. The van der Waals surface area contributed by atoms with Gasteiger partial charge in [-0.1, -0.05) is 42.5 Å². The number of nitriles is 2. The molecule has 5 nitrogen and oxygen atoms in total. The molecule has 2 aliphatic rings. The highest BCUT2D eigenvalue weighted by Gasteiger charge is 2.63. The van der Waals surface area contributed by atoms with Crippen LogP contribution in [0.15, 0.2) is 54.6 Å². The number of halogens is 1. The lowest BCUT2D eigenvalue weighted by Crippen LogP contribution is -2.46. The molecule has 2 heterocycles. The van der Waals surface area contributed by atoms with Gasteiger partial charge in [-0.15, -0.1) is 0 Å². The summed E-state index contributed by atoms with van der Waals surface area (Å²) in [7, 11) is 0. The molecule has 0 bridgehead atoms. The number of hydrogen-bond donors (Lipinski definition) is 1. The monoisotopic (exact) mass is 358 g/mol. The number of anilines is 1. The predicted molar refractivity (Wildman–Crippen MR) is 97.5 cm³/mol. The fourth-order valence-corrected chi connectivity index (χ4v) is 4.33. The van der Waals surface area contributed by atoms with Crippen molar-refractivity contribution < 1.29 is 9.18 Å². The highest BCUT2D eigenvalue weighted by Crippen LogP contribution is 2.54. The third-order valence-electron chi connectivity index (χ3n) is 5.41. The van der Waals surface area contributed by atoms with Gasteiger partial charge in [0, 0.05) is 11.6 Å². The van der Waals surface area contributed by atoms with E-state index in [1.807, 2.05) is 30.3 Å². The summed E-state index contributed by atoms with van der Waals surface area (Å²) < 4.78 is 13.9. The van der Waals surface area contributed by atoms with E-state index in [4.69, 9.17) is 5.73 Å². The second kappa shape index (κ2) is 5.96. The summed E-state index contributed by atoms with van der Waals surface area (Å²) in [5, 5.41) is 20.1. The zero-order valence-electron chi connectivity index (χ0n) is 14.2. The number of rotatable bonds is 2. The Morgan fingerprint density at radius 1 is 1.15 bits per heavy atom. The molecule has 3 atom stereocenters. The maximum atomic E-state index is 13.9. The molecule has 2 N–H and O–H groups in total. The van der Waals surface area contributed by atoms with Crippen molar-refractivity contribution in [2.45, 2.75) is 18.0 Å². The molecule has 0 radical (unpaired) electrons. The number of primary amides is 1. The molecular weight excluding hydrogens is 343 g/mol. The first-order chi connectivity index (χ1) is 13.0. The van der Waals surface area contributed by atoms with E-state index in [0.717, 1.165) is 11.3 Å². The van der Waals surface area contributed by atoms with Crippen LogP contribution in [0.2, 0.25) is 0 Å². The molecule has 132 valence electrons. The summed E-state index contributed by atoms with van der Waals surface area (Å²) in [4.78, 5) is 14.2. The number of nitrogens with zero attached hydrogens (tertiary/aromatic N) is 3. The van der Waals surface area contributed by atoms with Crippen LogP contribution in [0, 0.1) is 33.9 Å². The minimum absolute atomic E-state index is 0.405. The molecule has 27 heavy (non-hydrogen) atoms. The van der Waals surface area contributed by atoms with Crippen molar-refractivity contribution in [2.75, 3.05) is 4.90 Å². The van der Waals surface area contributed by atoms with E-state index >= 15 is 0 Å². The van der Waals surface area contributed by atoms with Crippen LogP contribution >= 0.6 is 0 Å². The lowest BCUT2D eigenvalue weighted by Gasteiger charge is -2.34. The molecular formula is C21H15FN4O. The number of para-hydroxylation sites is 1. The molecule has 1 fully saturated rings.